The van der Waals surface area contributed by atoms with Gasteiger partial charge in [0.2, 0.25) is 0 Å². The second-order valence-electron chi connectivity index (χ2n) is 20.6. The second-order valence-corrected chi connectivity index (χ2v) is 20.6. The number of hydrogen-bond donors (Lipinski definition) is 0. The summed E-state index contributed by atoms with van der Waals surface area (Å²) in [5.41, 5.74) is 24.5. The number of fused-ring (bicyclic) bond motifs is 9. The highest BCUT2D eigenvalue weighted by atomic mass is 15.1. The Labute approximate surface area is 442 Å². The minimum Gasteiger partial charge on any atom is -0.310 e. The zero-order valence-electron chi connectivity index (χ0n) is 43.3. The van der Waals surface area contributed by atoms with E-state index in [0.29, 0.717) is 0 Å². The Morgan fingerprint density at radius 2 is 1.04 bits per heavy atom. The van der Waals surface area contributed by atoms with Crippen molar-refractivity contribution in [1.29, 1.82) is 0 Å². The van der Waals surface area contributed by atoms with E-state index in [4.69, 9.17) is 0 Å². The Bertz CT molecular complexity index is 4040. The topological polar surface area (TPSA) is 8.17 Å². The first-order valence-corrected chi connectivity index (χ1v) is 27.0. The molecule has 11 aromatic rings. The van der Waals surface area contributed by atoms with Crippen molar-refractivity contribution in [2.24, 2.45) is 0 Å². The minimum atomic E-state index is -0.442. The lowest BCUT2D eigenvalue weighted by Gasteiger charge is -2.35. The number of rotatable bonds is 8. The summed E-state index contributed by atoms with van der Waals surface area (Å²) in [5.74, 6) is 0. The standard InChI is InChI=1S/C71H54N2.C2H6/c1-70(2)63-34-17-13-31-57(63)59-41-39-54(46-65(59)70)72(53-28-11-6-12-29-53)67-36-19-15-30-56(67)50-23-21-22-48(44-50)49-38-43-69-62(45-49)61-33-16-20-37-68(61)73(69)55-40-42-60-58-32-14-18-35-64(58)71(66(60)47-55,52-26-9-5-10-27-52)51-24-7-3-4-8-25-51;1-2/h5-7,9-47H,3-4,8H2,1-2H3;1-2H3. The van der Waals surface area contributed by atoms with Crippen LogP contribution in [0, 0.1) is 0 Å². The van der Waals surface area contributed by atoms with E-state index in [-0.39, 0.29) is 5.41 Å². The summed E-state index contributed by atoms with van der Waals surface area (Å²) >= 11 is 0. The summed E-state index contributed by atoms with van der Waals surface area (Å²) in [6.07, 6.45) is 10.6. The van der Waals surface area contributed by atoms with Gasteiger partial charge in [0.1, 0.15) is 0 Å². The van der Waals surface area contributed by atoms with Crippen molar-refractivity contribution in [3.8, 4) is 50.2 Å². The zero-order valence-corrected chi connectivity index (χ0v) is 43.3. The van der Waals surface area contributed by atoms with E-state index in [0.717, 1.165) is 36.3 Å². The van der Waals surface area contributed by atoms with Gasteiger partial charge >= 0.3 is 0 Å². The Balaban J connectivity index is 0.00000267. The molecule has 3 aliphatic rings. The van der Waals surface area contributed by atoms with Crippen LogP contribution in [0.4, 0.5) is 17.1 Å². The van der Waals surface area contributed by atoms with Gasteiger partial charge in [0.05, 0.1) is 22.1 Å². The highest BCUT2D eigenvalue weighted by molar-refractivity contribution is 6.11. The van der Waals surface area contributed by atoms with E-state index in [1.807, 2.05) is 13.8 Å². The predicted molar refractivity (Wildman–Crippen MR) is 318 cm³/mol. The normalized spacial score (nSPS) is 15.8. The molecule has 0 fully saturated rings. The highest BCUT2D eigenvalue weighted by Gasteiger charge is 2.47. The van der Waals surface area contributed by atoms with Gasteiger partial charge in [0, 0.05) is 38.8 Å². The van der Waals surface area contributed by atoms with Gasteiger partial charge in [-0.05, 0) is 158 Å². The quantitative estimate of drug-likeness (QED) is 0.147. The molecule has 0 bridgehead atoms. The van der Waals surface area contributed by atoms with Gasteiger partial charge < -0.3 is 9.47 Å². The molecule has 362 valence electrons. The van der Waals surface area contributed by atoms with Crippen molar-refractivity contribution >= 4 is 38.9 Å². The molecule has 0 aliphatic heterocycles. The lowest BCUT2D eigenvalue weighted by atomic mass is 9.67. The van der Waals surface area contributed by atoms with Crippen molar-refractivity contribution in [1.82, 2.24) is 4.57 Å². The average Bonchev–Trinajstić information content (AvgIpc) is 4.02. The number of allylic oxidation sites excluding steroid dienone is 4. The first-order valence-electron chi connectivity index (χ1n) is 27.0. The first-order chi connectivity index (χ1) is 37.0. The van der Waals surface area contributed by atoms with E-state index in [2.05, 4.69) is 278 Å². The van der Waals surface area contributed by atoms with Crippen LogP contribution in [0.3, 0.4) is 0 Å². The molecule has 75 heavy (non-hydrogen) atoms. The van der Waals surface area contributed by atoms with Crippen molar-refractivity contribution in [3.63, 3.8) is 0 Å². The van der Waals surface area contributed by atoms with Crippen LogP contribution in [0.25, 0.3) is 72.0 Å². The molecule has 1 aromatic heterocycles. The maximum absolute atomic E-state index is 2.51. The molecule has 0 radical (unpaired) electrons. The van der Waals surface area contributed by atoms with Gasteiger partial charge in [0.15, 0.2) is 0 Å². The fraction of sp³-hybridized carbons (Fsp3) is 0.123. The Hall–Kier alpha value is -8.72. The van der Waals surface area contributed by atoms with E-state index in [9.17, 15) is 0 Å². The molecule has 0 amide bonds. The van der Waals surface area contributed by atoms with Crippen LogP contribution >= 0.6 is 0 Å². The van der Waals surface area contributed by atoms with Crippen LogP contribution < -0.4 is 4.90 Å². The van der Waals surface area contributed by atoms with Crippen molar-refractivity contribution in [2.75, 3.05) is 4.90 Å². The van der Waals surface area contributed by atoms with Crippen molar-refractivity contribution < 1.29 is 0 Å². The van der Waals surface area contributed by atoms with Crippen LogP contribution in [0.2, 0.25) is 0 Å². The molecule has 0 saturated carbocycles. The van der Waals surface area contributed by atoms with Crippen molar-refractivity contribution in [2.45, 2.75) is 57.8 Å². The fourth-order valence-electron chi connectivity index (χ4n) is 13.0. The highest BCUT2D eigenvalue weighted by Crippen LogP contribution is 2.58. The molecule has 1 heterocycles. The molecule has 3 aliphatic carbocycles. The fourth-order valence-corrected chi connectivity index (χ4v) is 13.0. The lowest BCUT2D eigenvalue weighted by Crippen LogP contribution is -2.29. The minimum absolute atomic E-state index is 0.114. The Morgan fingerprint density at radius 3 is 1.87 bits per heavy atom. The average molecular weight is 965 g/mol. The number of aromatic nitrogens is 1. The Morgan fingerprint density at radius 1 is 0.413 bits per heavy atom. The van der Waals surface area contributed by atoms with Gasteiger partial charge in [0.25, 0.3) is 0 Å². The third kappa shape index (κ3) is 7.30. The summed E-state index contributed by atoms with van der Waals surface area (Å²) in [5, 5.41) is 2.48. The molecular formula is C73H60N2. The van der Waals surface area contributed by atoms with Gasteiger partial charge in [-0.25, -0.2) is 0 Å². The van der Waals surface area contributed by atoms with Crippen molar-refractivity contribution in [3.05, 3.63) is 288 Å². The molecule has 1 unspecified atom stereocenters. The van der Waals surface area contributed by atoms with Gasteiger partial charge in [-0.15, -0.1) is 0 Å². The van der Waals surface area contributed by atoms with E-state index in [1.165, 1.54) is 105 Å². The van der Waals surface area contributed by atoms with E-state index in [1.54, 1.807) is 0 Å². The van der Waals surface area contributed by atoms with E-state index >= 15 is 0 Å². The molecule has 2 heteroatoms. The zero-order chi connectivity index (χ0) is 50.7. The van der Waals surface area contributed by atoms with Crippen LogP contribution in [0.1, 0.15) is 74.8 Å². The number of benzene rings is 10. The van der Waals surface area contributed by atoms with Gasteiger partial charge in [-0.1, -0.05) is 216 Å². The number of para-hydroxylation sites is 3. The van der Waals surface area contributed by atoms with Gasteiger partial charge in [-0.3, -0.25) is 0 Å². The van der Waals surface area contributed by atoms with Crippen LogP contribution in [0.15, 0.2) is 260 Å². The lowest BCUT2D eigenvalue weighted by molar-refractivity contribution is 0.660. The maximum Gasteiger partial charge on any atom is 0.0711 e. The first kappa shape index (κ1) is 46.1. The SMILES string of the molecule is CC.CC1(C)c2ccccc2-c2ccc(N(c3ccccc3)c3ccccc3-c3cccc(-c4ccc5c(c4)c4ccccc4n5-c4ccc5c(c4)C(C4=CCCCC=C4)(c4ccccc4)c4ccccc4-5)c3)cc21. The third-order valence-electron chi connectivity index (χ3n) is 16.3. The van der Waals surface area contributed by atoms with Crippen LogP contribution in [0.5, 0.6) is 0 Å². The molecule has 2 nitrogen and oxygen atoms in total. The number of nitrogens with zero attached hydrogens (tertiary/aromatic N) is 2. The molecule has 1 atom stereocenters. The summed E-state index contributed by atoms with van der Waals surface area (Å²) < 4.78 is 2.49. The van der Waals surface area contributed by atoms with E-state index < -0.39 is 5.41 Å². The molecule has 0 N–H and O–H groups in total. The third-order valence-corrected chi connectivity index (χ3v) is 16.3. The largest absolute Gasteiger partial charge is 0.310 e. The second kappa shape index (κ2) is 18.6. The van der Waals surface area contributed by atoms with Crippen LogP contribution in [-0.2, 0) is 10.8 Å². The number of anilines is 3. The van der Waals surface area contributed by atoms with Crippen LogP contribution in [-0.4, -0.2) is 4.57 Å². The van der Waals surface area contributed by atoms with Gasteiger partial charge in [-0.2, -0.15) is 0 Å². The summed E-state index contributed by atoms with van der Waals surface area (Å²) in [4.78, 5) is 2.44. The molecular weight excluding hydrogens is 905 g/mol. The summed E-state index contributed by atoms with van der Waals surface area (Å²) in [7, 11) is 0. The number of hydrogen-bond acceptors (Lipinski definition) is 1. The molecule has 14 rings (SSSR count). The summed E-state index contributed by atoms with van der Waals surface area (Å²) in [6.45, 7) is 8.72. The monoisotopic (exact) mass is 964 g/mol. The molecule has 0 spiro atoms. The summed E-state index contributed by atoms with van der Waals surface area (Å²) in [6, 6.07) is 88.4. The maximum atomic E-state index is 2.51. The predicted octanol–water partition coefficient (Wildman–Crippen LogP) is 19.9. The molecule has 0 saturated heterocycles. The molecule has 10 aromatic carbocycles. The Kier molecular flexibility index (Phi) is 11.5. The smallest absolute Gasteiger partial charge is 0.0711 e.